The minimum Gasteiger partial charge on any atom is -0.465 e. The molecule has 110 valence electrons. The van der Waals surface area contributed by atoms with Gasteiger partial charge in [0, 0.05) is 18.3 Å². The number of hydrogen-bond donors (Lipinski definition) is 0. The van der Waals surface area contributed by atoms with Crippen molar-refractivity contribution in [3.05, 3.63) is 41.2 Å². The maximum atomic E-state index is 12.7. The average Bonchev–Trinajstić information content (AvgIpc) is 2.90. The first kappa shape index (κ1) is 13.7. The van der Waals surface area contributed by atoms with Crippen LogP contribution in [0.25, 0.3) is 11.4 Å². The molecule has 0 aliphatic carbocycles. The summed E-state index contributed by atoms with van der Waals surface area (Å²) >= 11 is 0. The van der Waals surface area contributed by atoms with Gasteiger partial charge < -0.3 is 9.30 Å². The summed E-state index contributed by atoms with van der Waals surface area (Å²) in [6.07, 6.45) is -2.90. The van der Waals surface area contributed by atoms with Crippen molar-refractivity contribution in [2.45, 2.75) is 19.1 Å². The van der Waals surface area contributed by atoms with Crippen molar-refractivity contribution in [1.82, 2.24) is 9.55 Å². The summed E-state index contributed by atoms with van der Waals surface area (Å²) < 4.78 is 44.3. The molecule has 7 heteroatoms. The zero-order chi connectivity index (χ0) is 15.2. The van der Waals surface area contributed by atoms with Crippen LogP contribution < -0.4 is 0 Å². The fourth-order valence-electron chi connectivity index (χ4n) is 2.44. The Morgan fingerprint density at radius 3 is 2.81 bits per heavy atom. The fourth-order valence-corrected chi connectivity index (χ4v) is 2.44. The van der Waals surface area contributed by atoms with E-state index in [1.54, 1.807) is 12.1 Å². The minimum absolute atomic E-state index is 0.278. The van der Waals surface area contributed by atoms with Crippen LogP contribution in [0.1, 0.15) is 21.6 Å². The molecule has 2 heterocycles. The summed E-state index contributed by atoms with van der Waals surface area (Å²) in [7, 11) is 1.28. The van der Waals surface area contributed by atoms with Crippen molar-refractivity contribution in [1.29, 1.82) is 0 Å². The number of alkyl halides is 3. The average molecular weight is 296 g/mol. The van der Waals surface area contributed by atoms with E-state index in [1.165, 1.54) is 17.7 Å². The van der Waals surface area contributed by atoms with Crippen molar-refractivity contribution >= 4 is 5.97 Å². The van der Waals surface area contributed by atoms with Gasteiger partial charge in [0.05, 0.1) is 12.7 Å². The fraction of sp³-hybridized carbons (Fsp3) is 0.286. The number of hydrogen-bond acceptors (Lipinski definition) is 3. The summed E-state index contributed by atoms with van der Waals surface area (Å²) in [5.41, 5.74) is 0.892. The Morgan fingerprint density at radius 1 is 1.38 bits per heavy atom. The lowest BCUT2D eigenvalue weighted by Gasteiger charge is -2.18. The molecular weight excluding hydrogens is 285 g/mol. The number of carbonyl (C=O) groups is 1. The molecule has 1 aromatic heterocycles. The molecule has 0 atom stereocenters. The van der Waals surface area contributed by atoms with Gasteiger partial charge in [-0.15, -0.1) is 0 Å². The minimum atomic E-state index is -4.46. The zero-order valence-corrected chi connectivity index (χ0v) is 11.1. The Balaban J connectivity index is 2.07. The number of halogens is 3. The lowest BCUT2D eigenvalue weighted by atomic mass is 9.98. The van der Waals surface area contributed by atoms with Gasteiger partial charge in [0.2, 0.25) is 0 Å². The summed E-state index contributed by atoms with van der Waals surface area (Å²) in [6, 6.07) is 4.79. The quantitative estimate of drug-likeness (QED) is 0.760. The van der Waals surface area contributed by atoms with Gasteiger partial charge in [0.25, 0.3) is 0 Å². The number of nitrogens with zero attached hydrogens (tertiary/aromatic N) is 2. The molecule has 1 aliphatic rings. The van der Waals surface area contributed by atoms with Crippen LogP contribution in [0.15, 0.2) is 24.4 Å². The highest BCUT2D eigenvalue weighted by Gasteiger charge is 2.35. The summed E-state index contributed by atoms with van der Waals surface area (Å²) in [4.78, 5) is 15.2. The van der Waals surface area contributed by atoms with Crippen molar-refractivity contribution in [3.63, 3.8) is 0 Å². The zero-order valence-electron chi connectivity index (χ0n) is 11.1. The van der Waals surface area contributed by atoms with Crippen molar-refractivity contribution in [2.75, 3.05) is 7.11 Å². The molecule has 0 fully saturated rings. The Labute approximate surface area is 118 Å². The van der Waals surface area contributed by atoms with Crippen molar-refractivity contribution in [2.24, 2.45) is 0 Å². The lowest BCUT2D eigenvalue weighted by molar-refractivity contribution is -0.140. The van der Waals surface area contributed by atoms with Crippen LogP contribution in [-0.2, 0) is 23.9 Å². The summed E-state index contributed by atoms with van der Waals surface area (Å²) in [5, 5.41) is 0. The molecule has 0 unspecified atom stereocenters. The summed E-state index contributed by atoms with van der Waals surface area (Å²) in [5.74, 6) is -0.192. The summed E-state index contributed by atoms with van der Waals surface area (Å²) in [6.45, 7) is 0.399. The van der Waals surface area contributed by atoms with Gasteiger partial charge >= 0.3 is 12.1 Å². The monoisotopic (exact) mass is 296 g/mol. The molecule has 2 aromatic rings. The van der Waals surface area contributed by atoms with Gasteiger partial charge in [-0.1, -0.05) is 6.07 Å². The highest BCUT2D eigenvalue weighted by Crippen LogP contribution is 2.34. The molecule has 0 saturated carbocycles. The molecule has 0 amide bonds. The van der Waals surface area contributed by atoms with Gasteiger partial charge in [0.1, 0.15) is 5.82 Å². The number of imidazole rings is 1. The number of aromatic nitrogens is 2. The Hall–Kier alpha value is -2.31. The topological polar surface area (TPSA) is 44.1 Å². The van der Waals surface area contributed by atoms with E-state index in [4.69, 9.17) is 0 Å². The number of aryl methyl sites for hydroxylation is 2. The first-order chi connectivity index (χ1) is 9.90. The number of benzene rings is 1. The maximum absolute atomic E-state index is 12.7. The molecule has 3 rings (SSSR count). The Kier molecular flexibility index (Phi) is 3.00. The molecule has 0 N–H and O–H groups in total. The molecule has 1 aliphatic heterocycles. The predicted molar refractivity (Wildman–Crippen MR) is 67.7 cm³/mol. The normalized spacial score (nSPS) is 13.5. The number of rotatable bonds is 1. The molecule has 0 saturated heterocycles. The van der Waals surface area contributed by atoms with E-state index >= 15 is 0 Å². The number of ether oxygens (including phenoxy) is 1. The van der Waals surface area contributed by atoms with Crippen LogP contribution in [0, 0.1) is 0 Å². The molecule has 0 spiro atoms. The van der Waals surface area contributed by atoms with Gasteiger partial charge in [-0.25, -0.2) is 9.78 Å². The maximum Gasteiger partial charge on any atom is 0.434 e. The van der Waals surface area contributed by atoms with E-state index in [-0.39, 0.29) is 5.82 Å². The third kappa shape index (κ3) is 2.28. The van der Waals surface area contributed by atoms with E-state index in [1.807, 2.05) is 0 Å². The highest BCUT2D eigenvalue weighted by molar-refractivity contribution is 5.90. The Morgan fingerprint density at radius 2 is 2.14 bits per heavy atom. The van der Waals surface area contributed by atoms with Crippen LogP contribution in [0.4, 0.5) is 13.2 Å². The van der Waals surface area contributed by atoms with Gasteiger partial charge in [-0.3, -0.25) is 0 Å². The molecule has 0 radical (unpaired) electrons. The largest absolute Gasteiger partial charge is 0.465 e. The molecule has 0 bridgehead atoms. The predicted octanol–water partition coefficient (Wildman–Crippen LogP) is 2.91. The van der Waals surface area contributed by atoms with Crippen LogP contribution in [-0.4, -0.2) is 22.6 Å². The molecule has 4 nitrogen and oxygen atoms in total. The smallest absolute Gasteiger partial charge is 0.434 e. The van der Waals surface area contributed by atoms with Crippen LogP contribution >= 0.6 is 0 Å². The van der Waals surface area contributed by atoms with Gasteiger partial charge in [0.15, 0.2) is 5.69 Å². The number of methoxy groups -OCH3 is 1. The second-order valence-corrected chi connectivity index (χ2v) is 4.75. The van der Waals surface area contributed by atoms with E-state index in [9.17, 15) is 18.0 Å². The lowest BCUT2D eigenvalue weighted by Crippen LogP contribution is -2.12. The van der Waals surface area contributed by atoms with Crippen LogP contribution in [0.2, 0.25) is 0 Å². The highest BCUT2D eigenvalue weighted by atomic mass is 19.4. The third-order valence-electron chi connectivity index (χ3n) is 3.46. The van der Waals surface area contributed by atoms with Crippen LogP contribution in [0.5, 0.6) is 0 Å². The first-order valence-electron chi connectivity index (χ1n) is 6.26. The molecule has 1 aromatic carbocycles. The third-order valence-corrected chi connectivity index (χ3v) is 3.46. The van der Waals surface area contributed by atoms with E-state index in [0.29, 0.717) is 24.1 Å². The van der Waals surface area contributed by atoms with E-state index in [0.717, 1.165) is 11.8 Å². The van der Waals surface area contributed by atoms with Crippen LogP contribution in [0.3, 0.4) is 0 Å². The van der Waals surface area contributed by atoms with E-state index in [2.05, 4.69) is 9.72 Å². The van der Waals surface area contributed by atoms with Gasteiger partial charge in [-0.2, -0.15) is 13.2 Å². The number of esters is 1. The van der Waals surface area contributed by atoms with Gasteiger partial charge in [-0.05, 0) is 24.1 Å². The first-order valence-corrected chi connectivity index (χ1v) is 6.26. The van der Waals surface area contributed by atoms with Crippen molar-refractivity contribution in [3.8, 4) is 11.4 Å². The number of carbonyl (C=O) groups excluding carboxylic acids is 1. The molecular formula is C14H11F3N2O2. The number of fused-ring (bicyclic) bond motifs is 3. The second kappa shape index (κ2) is 4.61. The Bertz CT molecular complexity index is 719. The standard InChI is InChI=1S/C14H11F3N2O2/c1-21-13(20)9-2-3-10-8(6-9)4-5-19-7-11(14(15,16)17)18-12(10)19/h2-3,6-7H,4-5H2,1H3. The SMILES string of the molecule is COC(=O)c1ccc2c(c1)CCn1cc(C(F)(F)F)nc1-2. The molecule has 21 heavy (non-hydrogen) atoms. The second-order valence-electron chi connectivity index (χ2n) is 4.75. The van der Waals surface area contributed by atoms with E-state index < -0.39 is 17.8 Å². The van der Waals surface area contributed by atoms with Crippen molar-refractivity contribution < 1.29 is 22.7 Å².